The Morgan fingerprint density at radius 1 is 1.12 bits per heavy atom. The third kappa shape index (κ3) is 4.04. The Hall–Kier alpha value is -3.45. The van der Waals surface area contributed by atoms with Crippen molar-refractivity contribution in [2.45, 2.75) is 25.4 Å². The summed E-state index contributed by atoms with van der Waals surface area (Å²) in [4.78, 5) is 23.2. The van der Waals surface area contributed by atoms with Gasteiger partial charge in [0, 0.05) is 41.0 Å². The number of hydrogen-bond donors (Lipinski definition) is 1. The molecular weight excluding hydrogens is 478 g/mol. The molecule has 7 heteroatoms. The lowest BCUT2D eigenvalue weighted by Gasteiger charge is -2.26. The number of nitrogens with zero attached hydrogens (tertiary/aromatic N) is 4. The van der Waals surface area contributed by atoms with Crippen molar-refractivity contribution in [1.29, 1.82) is 0 Å². The molecule has 1 N–H and O–H groups in total. The average Bonchev–Trinajstić information content (AvgIpc) is 3.54. The highest BCUT2D eigenvalue weighted by atomic mass is 79.9. The summed E-state index contributed by atoms with van der Waals surface area (Å²) in [6.07, 6.45) is 6.96. The number of imidazole rings is 1. The number of rotatable bonds is 8. The maximum absolute atomic E-state index is 13.8. The van der Waals surface area contributed by atoms with E-state index >= 15 is 0 Å². The number of allylic oxidation sites excluding steroid dienone is 1. The molecule has 2 aromatic heterocycles. The molecule has 166 valence electrons. The second-order valence-electron chi connectivity index (χ2n) is 8.04. The third-order valence-corrected chi connectivity index (χ3v) is 6.47. The molecule has 33 heavy (non-hydrogen) atoms. The summed E-state index contributed by atoms with van der Waals surface area (Å²) in [5, 5.41) is 4.86. The number of fused-ring (bicyclic) bond motifs is 1. The fraction of sp³-hybridized carbons (Fsp3) is 0.192. The zero-order chi connectivity index (χ0) is 22.8. The van der Waals surface area contributed by atoms with Crippen LogP contribution in [0.4, 0.5) is 0 Å². The Bertz CT molecular complexity index is 1260. The van der Waals surface area contributed by atoms with Gasteiger partial charge in [-0.1, -0.05) is 64.5 Å². The van der Waals surface area contributed by atoms with Crippen molar-refractivity contribution in [2.24, 2.45) is 0 Å². The summed E-state index contributed by atoms with van der Waals surface area (Å²) in [6, 6.07) is 18.1. The fourth-order valence-corrected chi connectivity index (χ4v) is 4.77. The molecule has 0 aliphatic carbocycles. The first-order chi connectivity index (χ1) is 16.2. The molecule has 1 atom stereocenters. The van der Waals surface area contributed by atoms with Crippen LogP contribution in [0.2, 0.25) is 0 Å². The minimum absolute atomic E-state index is 0.00824. The summed E-state index contributed by atoms with van der Waals surface area (Å²) in [6.45, 7) is 4.97. The van der Waals surface area contributed by atoms with Crippen molar-refractivity contribution < 1.29 is 4.79 Å². The molecule has 1 amide bonds. The number of aromatic nitrogens is 4. The smallest absolute Gasteiger partial charge is 0.273 e. The highest BCUT2D eigenvalue weighted by Crippen LogP contribution is 2.44. The molecule has 5 rings (SSSR count). The van der Waals surface area contributed by atoms with Gasteiger partial charge < -0.3 is 9.88 Å². The van der Waals surface area contributed by atoms with Crippen LogP contribution in [-0.2, 0) is 13.0 Å². The zero-order valence-electron chi connectivity index (χ0n) is 18.1. The first kappa shape index (κ1) is 21.4. The second kappa shape index (κ2) is 9.19. The number of aromatic amines is 1. The highest BCUT2D eigenvalue weighted by molar-refractivity contribution is 9.10. The number of amides is 1. The van der Waals surface area contributed by atoms with Crippen LogP contribution in [0.1, 0.15) is 39.9 Å². The van der Waals surface area contributed by atoms with E-state index in [0.29, 0.717) is 18.8 Å². The minimum atomic E-state index is -0.203. The summed E-state index contributed by atoms with van der Waals surface area (Å²) in [7, 11) is 0. The number of H-pyrrole nitrogens is 1. The lowest BCUT2D eigenvalue weighted by atomic mass is 9.96. The molecule has 2 aromatic carbocycles. The standard InChI is InChI=1S/C26H24BrN5O/c1-2-16-32-25-22(23(30-32)18-7-4-3-5-8-18)24(19-10-12-20(27)13-11-19)31(26(25)33)17-6-9-21-28-14-15-29-21/h2-5,7-8,10-15,24H,1,6,9,16-17H2,(H,28,29). The first-order valence-electron chi connectivity index (χ1n) is 11.0. The van der Waals surface area contributed by atoms with Crippen LogP contribution in [0.15, 0.2) is 84.1 Å². The van der Waals surface area contributed by atoms with Gasteiger partial charge in [-0.2, -0.15) is 5.10 Å². The molecule has 1 aliphatic rings. The summed E-state index contributed by atoms with van der Waals surface area (Å²) < 4.78 is 2.80. The molecule has 0 radical (unpaired) electrons. The molecule has 0 bridgehead atoms. The highest BCUT2D eigenvalue weighted by Gasteiger charge is 2.43. The van der Waals surface area contributed by atoms with Gasteiger partial charge in [0.25, 0.3) is 5.91 Å². The van der Waals surface area contributed by atoms with E-state index in [4.69, 9.17) is 5.10 Å². The monoisotopic (exact) mass is 501 g/mol. The number of aryl methyl sites for hydroxylation is 1. The van der Waals surface area contributed by atoms with Crippen LogP contribution in [0.3, 0.4) is 0 Å². The van der Waals surface area contributed by atoms with E-state index in [1.165, 1.54) is 0 Å². The molecule has 1 unspecified atom stereocenters. The Morgan fingerprint density at radius 2 is 1.91 bits per heavy atom. The number of benzene rings is 2. The Balaban J connectivity index is 1.60. The summed E-state index contributed by atoms with van der Waals surface area (Å²) in [5.41, 5.74) is 4.54. The van der Waals surface area contributed by atoms with Gasteiger partial charge in [-0.15, -0.1) is 6.58 Å². The number of carbonyl (C=O) groups is 1. The van der Waals surface area contributed by atoms with Crippen LogP contribution in [0.25, 0.3) is 11.3 Å². The van der Waals surface area contributed by atoms with Crippen molar-refractivity contribution in [3.63, 3.8) is 0 Å². The van der Waals surface area contributed by atoms with Crippen molar-refractivity contribution in [1.82, 2.24) is 24.6 Å². The van der Waals surface area contributed by atoms with Crippen molar-refractivity contribution >= 4 is 21.8 Å². The van der Waals surface area contributed by atoms with Crippen LogP contribution >= 0.6 is 15.9 Å². The number of halogens is 1. The predicted octanol–water partition coefficient (Wildman–Crippen LogP) is 5.40. The number of carbonyl (C=O) groups excluding carboxylic acids is 1. The molecular formula is C26H24BrN5O. The summed E-state index contributed by atoms with van der Waals surface area (Å²) >= 11 is 3.53. The number of nitrogens with one attached hydrogen (secondary N) is 1. The lowest BCUT2D eigenvalue weighted by molar-refractivity contribution is 0.0736. The maximum atomic E-state index is 13.8. The van der Waals surface area contributed by atoms with Gasteiger partial charge >= 0.3 is 0 Å². The number of hydrogen-bond acceptors (Lipinski definition) is 3. The topological polar surface area (TPSA) is 66.8 Å². The maximum Gasteiger partial charge on any atom is 0.273 e. The molecule has 0 fully saturated rings. The van der Waals surface area contributed by atoms with E-state index < -0.39 is 0 Å². The van der Waals surface area contributed by atoms with Crippen LogP contribution in [0.5, 0.6) is 0 Å². The molecule has 0 spiro atoms. The minimum Gasteiger partial charge on any atom is -0.349 e. The summed E-state index contributed by atoms with van der Waals surface area (Å²) in [5.74, 6) is 0.941. The van der Waals surface area contributed by atoms with Crippen LogP contribution < -0.4 is 0 Å². The average molecular weight is 502 g/mol. The van der Waals surface area contributed by atoms with E-state index in [9.17, 15) is 4.79 Å². The van der Waals surface area contributed by atoms with Gasteiger partial charge in [0.1, 0.15) is 11.5 Å². The van der Waals surface area contributed by atoms with Crippen LogP contribution in [0, 0.1) is 0 Å². The molecule has 4 aromatic rings. The molecule has 3 heterocycles. The van der Waals surface area contributed by atoms with E-state index in [-0.39, 0.29) is 11.9 Å². The van der Waals surface area contributed by atoms with E-state index in [0.717, 1.165) is 45.5 Å². The normalized spacial score (nSPS) is 15.1. The predicted molar refractivity (Wildman–Crippen MR) is 132 cm³/mol. The second-order valence-corrected chi connectivity index (χ2v) is 8.96. The largest absolute Gasteiger partial charge is 0.349 e. The SMILES string of the molecule is C=CCn1nc(-c2ccccc2)c2c1C(=O)N(CCCc1ncc[nH]1)C2c1ccc(Br)cc1. The van der Waals surface area contributed by atoms with Crippen molar-refractivity contribution in [2.75, 3.05) is 6.54 Å². The Kier molecular flexibility index (Phi) is 5.96. The van der Waals surface area contributed by atoms with Gasteiger partial charge in [-0.3, -0.25) is 9.48 Å². The lowest BCUT2D eigenvalue weighted by Crippen LogP contribution is -2.31. The van der Waals surface area contributed by atoms with Gasteiger partial charge in [-0.25, -0.2) is 4.98 Å². The van der Waals surface area contributed by atoms with Crippen molar-refractivity contribution in [3.8, 4) is 11.3 Å². The van der Waals surface area contributed by atoms with E-state index in [2.05, 4.69) is 44.6 Å². The fourth-order valence-electron chi connectivity index (χ4n) is 4.51. The van der Waals surface area contributed by atoms with Gasteiger partial charge in [0.05, 0.1) is 18.3 Å². The van der Waals surface area contributed by atoms with Gasteiger partial charge in [0.2, 0.25) is 0 Å². The Labute approximate surface area is 201 Å². The Morgan fingerprint density at radius 3 is 2.61 bits per heavy atom. The molecule has 6 nitrogen and oxygen atoms in total. The van der Waals surface area contributed by atoms with Crippen LogP contribution in [-0.4, -0.2) is 37.1 Å². The molecule has 0 saturated carbocycles. The molecule has 0 saturated heterocycles. The van der Waals surface area contributed by atoms with E-state index in [1.807, 2.05) is 53.6 Å². The van der Waals surface area contributed by atoms with Gasteiger partial charge in [0.15, 0.2) is 0 Å². The zero-order valence-corrected chi connectivity index (χ0v) is 19.7. The van der Waals surface area contributed by atoms with Crippen molar-refractivity contribution in [3.05, 3.63) is 107 Å². The first-order valence-corrected chi connectivity index (χ1v) is 11.8. The van der Waals surface area contributed by atoms with E-state index in [1.54, 1.807) is 17.0 Å². The third-order valence-electron chi connectivity index (χ3n) is 5.94. The van der Waals surface area contributed by atoms with Gasteiger partial charge in [-0.05, 0) is 24.1 Å². The quantitative estimate of drug-likeness (QED) is 0.328. The molecule has 1 aliphatic heterocycles.